The Balaban J connectivity index is 1.71. The number of hydrogen-bond donors (Lipinski definition) is 1. The summed E-state index contributed by atoms with van der Waals surface area (Å²) in [5.41, 5.74) is 4.94. The number of rotatable bonds is 7. The van der Waals surface area contributed by atoms with Gasteiger partial charge in [-0.25, -0.2) is 9.97 Å². The molecule has 1 atom stereocenters. The molecular weight excluding hydrogens is 388 g/mol. The average molecular weight is 411 g/mol. The van der Waals surface area contributed by atoms with E-state index < -0.39 is 0 Å². The van der Waals surface area contributed by atoms with Crippen LogP contribution in [0.15, 0.2) is 55.1 Å². The van der Waals surface area contributed by atoms with Crippen LogP contribution in [0, 0.1) is 11.3 Å². The van der Waals surface area contributed by atoms with Gasteiger partial charge in [0, 0.05) is 42.6 Å². The van der Waals surface area contributed by atoms with Crippen molar-refractivity contribution in [2.24, 2.45) is 0 Å². The van der Waals surface area contributed by atoms with Crippen LogP contribution in [0.2, 0.25) is 0 Å². The molecule has 0 fully saturated rings. The maximum absolute atomic E-state index is 11.3. The van der Waals surface area contributed by atoms with Crippen molar-refractivity contribution < 1.29 is 5.11 Å². The van der Waals surface area contributed by atoms with Gasteiger partial charge in [-0.05, 0) is 30.4 Å². The van der Waals surface area contributed by atoms with E-state index >= 15 is 0 Å². The van der Waals surface area contributed by atoms with Gasteiger partial charge in [0.25, 0.3) is 0 Å². The van der Waals surface area contributed by atoms with E-state index in [4.69, 9.17) is 4.98 Å². The summed E-state index contributed by atoms with van der Waals surface area (Å²) in [6.45, 7) is 4.97. The van der Waals surface area contributed by atoms with Crippen LogP contribution in [0.5, 0.6) is 5.75 Å². The van der Waals surface area contributed by atoms with Crippen LogP contribution in [0.4, 0.5) is 5.82 Å². The third kappa shape index (κ3) is 4.33. The van der Waals surface area contributed by atoms with Crippen LogP contribution in [0.1, 0.15) is 43.0 Å². The van der Waals surface area contributed by atoms with Gasteiger partial charge in [0.1, 0.15) is 6.07 Å². The summed E-state index contributed by atoms with van der Waals surface area (Å²) in [6.07, 6.45) is 8.86. The summed E-state index contributed by atoms with van der Waals surface area (Å²) in [6, 6.07) is 10.8. The Kier molecular flexibility index (Phi) is 5.80. The maximum Gasteiger partial charge on any atom is 0.180 e. The first-order valence-electron chi connectivity index (χ1n) is 10.3. The Hall–Kier alpha value is -3.92. The smallest absolute Gasteiger partial charge is 0.180 e. The first kappa shape index (κ1) is 20.4. The first-order chi connectivity index (χ1) is 15.1. The van der Waals surface area contributed by atoms with Gasteiger partial charge in [-0.15, -0.1) is 5.75 Å². The fourth-order valence-corrected chi connectivity index (χ4v) is 3.46. The van der Waals surface area contributed by atoms with Crippen molar-refractivity contribution in [3.8, 4) is 23.1 Å². The number of aromatic nitrogens is 4. The molecule has 0 bridgehead atoms. The number of benzene rings is 1. The molecule has 1 aromatic carbocycles. The molecule has 31 heavy (non-hydrogen) atoms. The molecule has 156 valence electrons. The zero-order valence-corrected chi connectivity index (χ0v) is 17.5. The van der Waals surface area contributed by atoms with Crippen molar-refractivity contribution >= 4 is 11.5 Å². The van der Waals surface area contributed by atoms with Crippen LogP contribution in [0.3, 0.4) is 0 Å². The summed E-state index contributed by atoms with van der Waals surface area (Å²) in [5.74, 6) is 1.03. The average Bonchev–Trinajstić information content (AvgIpc) is 3.24. The van der Waals surface area contributed by atoms with Crippen molar-refractivity contribution in [2.45, 2.75) is 32.6 Å². The van der Waals surface area contributed by atoms with Gasteiger partial charge in [-0.1, -0.05) is 38.1 Å². The number of anilines is 1. The molecule has 0 amide bonds. The molecule has 1 N–H and O–H groups in total. The molecule has 1 unspecified atom stereocenters. The van der Waals surface area contributed by atoms with Crippen LogP contribution in [-0.4, -0.2) is 25.9 Å². The summed E-state index contributed by atoms with van der Waals surface area (Å²) >= 11 is 0. The fraction of sp³-hybridized carbons (Fsp3) is 0.250. The zero-order chi connectivity index (χ0) is 21.8. The SMILES string of the molecule is CCC(C)c1cnc2c(NCCc3ccc([O-])cc3)nc(-c3cncc(C#N)c3)cn12. The molecule has 3 aromatic heterocycles. The number of nitrogens with one attached hydrogen (secondary N) is 1. The minimum Gasteiger partial charge on any atom is -0.872 e. The topological polar surface area (TPSA) is 102 Å². The molecule has 0 radical (unpaired) electrons. The van der Waals surface area contributed by atoms with Gasteiger partial charge in [-0.3, -0.25) is 9.38 Å². The summed E-state index contributed by atoms with van der Waals surface area (Å²) in [7, 11) is 0. The quantitative estimate of drug-likeness (QED) is 0.495. The minimum absolute atomic E-state index is 0.0101. The summed E-state index contributed by atoms with van der Waals surface area (Å²) in [5, 5.41) is 23.9. The highest BCUT2D eigenvalue weighted by Crippen LogP contribution is 2.27. The van der Waals surface area contributed by atoms with Crippen LogP contribution < -0.4 is 10.4 Å². The fourth-order valence-electron chi connectivity index (χ4n) is 3.46. The number of hydrogen-bond acceptors (Lipinski definition) is 6. The van der Waals surface area contributed by atoms with Gasteiger partial charge in [0.05, 0.1) is 11.3 Å². The van der Waals surface area contributed by atoms with Crippen LogP contribution >= 0.6 is 0 Å². The van der Waals surface area contributed by atoms with Crippen molar-refractivity contribution in [3.05, 3.63) is 71.9 Å². The molecule has 0 saturated heterocycles. The highest BCUT2D eigenvalue weighted by molar-refractivity contribution is 5.70. The largest absolute Gasteiger partial charge is 0.872 e. The normalized spacial score (nSPS) is 11.9. The molecule has 0 saturated carbocycles. The molecule has 0 aliphatic heterocycles. The second-order valence-electron chi connectivity index (χ2n) is 7.56. The number of fused-ring (bicyclic) bond motifs is 1. The molecule has 4 rings (SSSR count). The Morgan fingerprint density at radius 2 is 2.00 bits per heavy atom. The minimum atomic E-state index is 0.0101. The molecule has 7 heteroatoms. The highest BCUT2D eigenvalue weighted by Gasteiger charge is 2.16. The van der Waals surface area contributed by atoms with Crippen LogP contribution in [-0.2, 0) is 6.42 Å². The van der Waals surface area contributed by atoms with Gasteiger partial charge < -0.3 is 10.4 Å². The predicted molar refractivity (Wildman–Crippen MR) is 118 cm³/mol. The van der Waals surface area contributed by atoms with E-state index in [0.717, 1.165) is 41.0 Å². The lowest BCUT2D eigenvalue weighted by Gasteiger charge is -2.13. The number of nitrogens with zero attached hydrogens (tertiary/aromatic N) is 5. The van der Waals surface area contributed by atoms with E-state index in [1.165, 1.54) is 6.20 Å². The molecule has 0 spiro atoms. The molecule has 7 nitrogen and oxygen atoms in total. The van der Waals surface area contributed by atoms with Crippen molar-refractivity contribution in [1.82, 2.24) is 19.4 Å². The van der Waals surface area contributed by atoms with E-state index in [1.807, 2.05) is 24.5 Å². The first-order valence-corrected chi connectivity index (χ1v) is 10.3. The standard InChI is InChI=1S/C24H24N6O/c1-3-16(2)22-14-28-24-23(27-9-8-17-4-6-20(31)7-5-17)29-21(15-30(22)24)19-10-18(11-25)12-26-13-19/h4-7,10,12-16,31H,3,8-9H2,1-2H3,(H,27,29)/p-1. The lowest BCUT2D eigenvalue weighted by molar-refractivity contribution is -0.268. The zero-order valence-electron chi connectivity index (χ0n) is 17.5. The second kappa shape index (κ2) is 8.84. The van der Waals surface area contributed by atoms with E-state index in [9.17, 15) is 10.4 Å². The monoisotopic (exact) mass is 411 g/mol. The summed E-state index contributed by atoms with van der Waals surface area (Å²) in [4.78, 5) is 13.6. The van der Waals surface area contributed by atoms with Crippen molar-refractivity contribution in [1.29, 1.82) is 5.26 Å². The summed E-state index contributed by atoms with van der Waals surface area (Å²) < 4.78 is 2.07. The Bertz CT molecular complexity index is 1240. The Labute approximate surface area is 181 Å². The van der Waals surface area contributed by atoms with Crippen molar-refractivity contribution in [2.75, 3.05) is 11.9 Å². The van der Waals surface area contributed by atoms with E-state index in [1.54, 1.807) is 24.4 Å². The Morgan fingerprint density at radius 1 is 1.19 bits per heavy atom. The molecule has 0 aliphatic carbocycles. The maximum atomic E-state index is 11.3. The second-order valence-corrected chi connectivity index (χ2v) is 7.56. The number of imidazole rings is 1. The van der Waals surface area contributed by atoms with E-state index in [2.05, 4.69) is 39.6 Å². The lowest BCUT2D eigenvalue weighted by atomic mass is 10.1. The molecule has 4 aromatic rings. The Morgan fingerprint density at radius 3 is 2.74 bits per heavy atom. The van der Waals surface area contributed by atoms with Crippen LogP contribution in [0.25, 0.3) is 16.9 Å². The number of nitriles is 1. The van der Waals surface area contributed by atoms with Gasteiger partial charge in [0.2, 0.25) is 0 Å². The molecular formula is C24H23N6O-. The van der Waals surface area contributed by atoms with E-state index in [0.29, 0.717) is 23.8 Å². The molecule has 3 heterocycles. The van der Waals surface area contributed by atoms with Gasteiger partial charge >= 0.3 is 0 Å². The lowest BCUT2D eigenvalue weighted by Crippen LogP contribution is -2.10. The third-order valence-electron chi connectivity index (χ3n) is 5.43. The highest BCUT2D eigenvalue weighted by atomic mass is 16.3. The van der Waals surface area contributed by atoms with E-state index in [-0.39, 0.29) is 5.75 Å². The van der Waals surface area contributed by atoms with Crippen molar-refractivity contribution in [3.63, 3.8) is 0 Å². The third-order valence-corrected chi connectivity index (χ3v) is 5.43. The van der Waals surface area contributed by atoms with Gasteiger partial charge in [-0.2, -0.15) is 5.26 Å². The van der Waals surface area contributed by atoms with Gasteiger partial charge in [0.15, 0.2) is 11.5 Å². The molecule has 0 aliphatic rings. The number of pyridine rings is 1. The predicted octanol–water partition coefficient (Wildman–Crippen LogP) is 3.90.